The summed E-state index contributed by atoms with van der Waals surface area (Å²) in [6, 6.07) is 6.18. The third-order valence-corrected chi connectivity index (χ3v) is 4.09. The Morgan fingerprint density at radius 2 is 2.17 bits per heavy atom. The van der Waals surface area contributed by atoms with Crippen LogP contribution in [0.1, 0.15) is 43.1 Å². The van der Waals surface area contributed by atoms with Gasteiger partial charge in [0.1, 0.15) is 5.52 Å². The van der Waals surface area contributed by atoms with Crippen molar-refractivity contribution in [1.29, 1.82) is 0 Å². The summed E-state index contributed by atoms with van der Waals surface area (Å²) in [6.45, 7) is 2.81. The highest BCUT2D eigenvalue weighted by Gasteiger charge is 2.29. The number of aromatic nitrogens is 1. The van der Waals surface area contributed by atoms with Crippen LogP contribution in [0.5, 0.6) is 0 Å². The fourth-order valence-electron chi connectivity index (χ4n) is 3.02. The number of benzene rings is 1. The van der Waals surface area contributed by atoms with Crippen LogP contribution >= 0.6 is 0 Å². The fourth-order valence-corrected chi connectivity index (χ4v) is 3.02. The zero-order chi connectivity index (χ0) is 12.5. The molecule has 18 heavy (non-hydrogen) atoms. The van der Waals surface area contributed by atoms with Crippen LogP contribution in [0.2, 0.25) is 0 Å². The predicted molar refractivity (Wildman–Crippen MR) is 72.5 cm³/mol. The molecule has 3 heteroatoms. The highest BCUT2D eigenvalue weighted by Crippen LogP contribution is 2.37. The van der Waals surface area contributed by atoms with Crippen molar-refractivity contribution in [3.63, 3.8) is 0 Å². The maximum atomic E-state index is 5.95. The van der Waals surface area contributed by atoms with Gasteiger partial charge in [-0.3, -0.25) is 0 Å². The van der Waals surface area contributed by atoms with Gasteiger partial charge in [0.2, 0.25) is 0 Å². The summed E-state index contributed by atoms with van der Waals surface area (Å²) in [5.74, 6) is 1.84. The van der Waals surface area contributed by atoms with Crippen LogP contribution in [0, 0.1) is 12.8 Å². The van der Waals surface area contributed by atoms with Crippen molar-refractivity contribution in [3.8, 4) is 0 Å². The first-order valence-electron chi connectivity index (χ1n) is 6.85. The van der Waals surface area contributed by atoms with Gasteiger partial charge in [0.15, 0.2) is 11.5 Å². The highest BCUT2D eigenvalue weighted by atomic mass is 16.3. The van der Waals surface area contributed by atoms with Gasteiger partial charge in [0, 0.05) is 5.92 Å². The lowest BCUT2D eigenvalue weighted by atomic mass is 9.79. The van der Waals surface area contributed by atoms with Gasteiger partial charge in [-0.05, 0) is 49.9 Å². The molecule has 0 bridgehead atoms. The Kier molecular flexibility index (Phi) is 3.08. The summed E-state index contributed by atoms with van der Waals surface area (Å²) in [5.41, 5.74) is 8.97. The first kappa shape index (κ1) is 11.7. The van der Waals surface area contributed by atoms with Gasteiger partial charge in [-0.1, -0.05) is 18.9 Å². The minimum absolute atomic E-state index is 0.413. The molecule has 0 radical (unpaired) electrons. The number of nitrogens with two attached hydrogens (primary N) is 1. The van der Waals surface area contributed by atoms with E-state index in [4.69, 9.17) is 10.2 Å². The van der Waals surface area contributed by atoms with Crippen LogP contribution in [-0.4, -0.2) is 11.5 Å². The number of rotatable bonds is 2. The Labute approximate surface area is 107 Å². The molecule has 2 aromatic rings. The topological polar surface area (TPSA) is 52.0 Å². The fraction of sp³-hybridized carbons (Fsp3) is 0.533. The lowest BCUT2D eigenvalue weighted by molar-refractivity contribution is 0.275. The minimum Gasteiger partial charge on any atom is -0.440 e. The molecule has 2 atom stereocenters. The van der Waals surface area contributed by atoms with Crippen LogP contribution in [-0.2, 0) is 0 Å². The monoisotopic (exact) mass is 244 g/mol. The number of fused-ring (bicyclic) bond motifs is 1. The molecule has 1 saturated carbocycles. The second kappa shape index (κ2) is 4.73. The van der Waals surface area contributed by atoms with E-state index in [1.165, 1.54) is 24.8 Å². The Morgan fingerprint density at radius 1 is 1.33 bits per heavy atom. The van der Waals surface area contributed by atoms with Crippen molar-refractivity contribution in [1.82, 2.24) is 4.98 Å². The molecule has 0 saturated heterocycles. The molecule has 2 unspecified atom stereocenters. The van der Waals surface area contributed by atoms with Crippen LogP contribution in [0.25, 0.3) is 11.1 Å². The van der Waals surface area contributed by atoms with Gasteiger partial charge < -0.3 is 10.2 Å². The third kappa shape index (κ3) is 2.03. The van der Waals surface area contributed by atoms with E-state index in [1.807, 2.05) is 6.07 Å². The van der Waals surface area contributed by atoms with Gasteiger partial charge >= 0.3 is 0 Å². The largest absolute Gasteiger partial charge is 0.440 e. The molecule has 1 heterocycles. The average Bonchev–Trinajstić information content (AvgIpc) is 2.81. The van der Waals surface area contributed by atoms with E-state index in [2.05, 4.69) is 24.0 Å². The van der Waals surface area contributed by atoms with Crippen LogP contribution in [0.15, 0.2) is 22.6 Å². The summed E-state index contributed by atoms with van der Waals surface area (Å²) in [6.07, 6.45) is 4.92. The third-order valence-electron chi connectivity index (χ3n) is 4.09. The molecule has 96 valence electrons. The molecule has 3 rings (SSSR count). The van der Waals surface area contributed by atoms with Crippen molar-refractivity contribution < 1.29 is 4.42 Å². The van der Waals surface area contributed by atoms with Crippen molar-refractivity contribution in [2.75, 3.05) is 6.54 Å². The molecule has 0 amide bonds. The summed E-state index contributed by atoms with van der Waals surface area (Å²) in [4.78, 5) is 4.65. The SMILES string of the molecule is Cc1ccc2nc(C3CCCCC3CN)oc2c1. The van der Waals surface area contributed by atoms with Gasteiger partial charge in [-0.25, -0.2) is 4.98 Å². The predicted octanol–water partition coefficient (Wildman–Crippen LogP) is 3.37. The van der Waals surface area contributed by atoms with Crippen molar-refractivity contribution >= 4 is 11.1 Å². The second-order valence-corrected chi connectivity index (χ2v) is 5.41. The van der Waals surface area contributed by atoms with Crippen molar-refractivity contribution in [2.24, 2.45) is 11.7 Å². The lowest BCUT2D eigenvalue weighted by Gasteiger charge is -2.27. The van der Waals surface area contributed by atoms with E-state index in [0.717, 1.165) is 30.0 Å². The van der Waals surface area contributed by atoms with E-state index < -0.39 is 0 Å². The molecule has 0 spiro atoms. The summed E-state index contributed by atoms with van der Waals surface area (Å²) in [5, 5.41) is 0. The Hall–Kier alpha value is -1.35. The molecule has 0 aliphatic heterocycles. The zero-order valence-electron chi connectivity index (χ0n) is 10.9. The van der Waals surface area contributed by atoms with Crippen molar-refractivity contribution in [2.45, 2.75) is 38.5 Å². The molecule has 3 nitrogen and oxygen atoms in total. The smallest absolute Gasteiger partial charge is 0.198 e. The van der Waals surface area contributed by atoms with Crippen LogP contribution in [0.4, 0.5) is 0 Å². The number of hydrogen-bond acceptors (Lipinski definition) is 3. The standard InChI is InChI=1S/C15H20N2O/c1-10-6-7-13-14(8-10)18-15(17-13)12-5-3-2-4-11(12)9-16/h6-8,11-12H,2-5,9,16H2,1H3. The van der Waals surface area contributed by atoms with Gasteiger partial charge in [0.25, 0.3) is 0 Å². The van der Waals surface area contributed by atoms with E-state index in [-0.39, 0.29) is 0 Å². The zero-order valence-corrected chi connectivity index (χ0v) is 10.9. The van der Waals surface area contributed by atoms with E-state index in [1.54, 1.807) is 0 Å². The minimum atomic E-state index is 0.413. The molecular formula is C15H20N2O. The summed E-state index contributed by atoms with van der Waals surface area (Å²) in [7, 11) is 0. The Bertz CT molecular complexity index is 546. The first-order valence-corrected chi connectivity index (χ1v) is 6.85. The highest BCUT2D eigenvalue weighted by molar-refractivity contribution is 5.73. The maximum Gasteiger partial charge on any atom is 0.198 e. The van der Waals surface area contributed by atoms with Crippen LogP contribution < -0.4 is 5.73 Å². The first-order chi connectivity index (χ1) is 8.78. The van der Waals surface area contributed by atoms with E-state index >= 15 is 0 Å². The second-order valence-electron chi connectivity index (χ2n) is 5.41. The van der Waals surface area contributed by atoms with Gasteiger partial charge in [0.05, 0.1) is 0 Å². The van der Waals surface area contributed by atoms with Crippen molar-refractivity contribution in [3.05, 3.63) is 29.7 Å². The summed E-state index contributed by atoms with van der Waals surface area (Å²) >= 11 is 0. The normalized spacial score (nSPS) is 24.6. The van der Waals surface area contributed by atoms with Gasteiger partial charge in [-0.2, -0.15) is 0 Å². The molecule has 1 fully saturated rings. The number of nitrogens with zero attached hydrogens (tertiary/aromatic N) is 1. The maximum absolute atomic E-state index is 5.95. The number of oxazole rings is 1. The summed E-state index contributed by atoms with van der Waals surface area (Å²) < 4.78 is 5.95. The quantitative estimate of drug-likeness (QED) is 0.881. The molecular weight excluding hydrogens is 224 g/mol. The van der Waals surface area contributed by atoms with Crippen LogP contribution in [0.3, 0.4) is 0 Å². The lowest BCUT2D eigenvalue weighted by Crippen LogP contribution is -2.25. The Morgan fingerprint density at radius 3 is 3.00 bits per heavy atom. The number of hydrogen-bond donors (Lipinski definition) is 1. The molecule has 1 aromatic heterocycles. The van der Waals surface area contributed by atoms with E-state index in [0.29, 0.717) is 11.8 Å². The molecule has 1 aliphatic carbocycles. The molecule has 2 N–H and O–H groups in total. The number of aryl methyl sites for hydroxylation is 1. The molecule has 1 aromatic carbocycles. The average molecular weight is 244 g/mol. The molecule has 1 aliphatic rings. The van der Waals surface area contributed by atoms with E-state index in [9.17, 15) is 0 Å². The Balaban J connectivity index is 1.97. The van der Waals surface area contributed by atoms with Gasteiger partial charge in [-0.15, -0.1) is 0 Å².